The number of ether oxygens (including phenoxy) is 3. The standard InChI is InChI=1S/C23H36NO4/c1-4-5-15-27-21-12-11-18(16-22(21)26-3)23(25)28-17-19-9-8-14-24(2)13-7-6-10-20(19)24/h11-12,16,19-20H,4-10,13-15,17H2,1-3H3/q+1/t19-,20-,24?/m0/s1. The van der Waals surface area contributed by atoms with Crippen molar-refractivity contribution in [2.45, 2.75) is 57.9 Å². The molecule has 0 aromatic heterocycles. The largest absolute Gasteiger partial charge is 0.493 e. The molecule has 0 spiro atoms. The Hall–Kier alpha value is -1.75. The van der Waals surface area contributed by atoms with E-state index in [2.05, 4.69) is 14.0 Å². The van der Waals surface area contributed by atoms with Crippen molar-refractivity contribution in [3.8, 4) is 11.5 Å². The number of hydrogen-bond donors (Lipinski definition) is 0. The Labute approximate surface area is 169 Å². The lowest BCUT2D eigenvalue weighted by Gasteiger charge is -2.51. The number of quaternary nitrogens is 1. The summed E-state index contributed by atoms with van der Waals surface area (Å²) < 4.78 is 18.1. The zero-order valence-corrected chi connectivity index (χ0v) is 17.7. The lowest BCUT2D eigenvalue weighted by atomic mass is 9.82. The number of piperidine rings is 2. The van der Waals surface area contributed by atoms with Gasteiger partial charge in [0.15, 0.2) is 11.5 Å². The molecular formula is C23H36NO4+. The van der Waals surface area contributed by atoms with Crippen LogP contribution in [0, 0.1) is 5.92 Å². The summed E-state index contributed by atoms with van der Waals surface area (Å²) in [5.74, 6) is 1.46. The van der Waals surface area contributed by atoms with Gasteiger partial charge in [0.05, 0.1) is 45.5 Å². The van der Waals surface area contributed by atoms with Gasteiger partial charge in [-0.2, -0.15) is 0 Å². The minimum Gasteiger partial charge on any atom is -0.493 e. The lowest BCUT2D eigenvalue weighted by molar-refractivity contribution is -0.947. The first-order chi connectivity index (χ1) is 13.6. The summed E-state index contributed by atoms with van der Waals surface area (Å²) in [6, 6.07) is 5.94. The normalized spacial score (nSPS) is 27.0. The third-order valence-corrected chi connectivity index (χ3v) is 6.59. The molecule has 0 amide bonds. The molecule has 5 heteroatoms. The molecule has 0 aliphatic carbocycles. The molecule has 0 saturated carbocycles. The molecule has 2 saturated heterocycles. The molecule has 3 atom stereocenters. The van der Waals surface area contributed by atoms with Gasteiger partial charge in [0, 0.05) is 12.3 Å². The van der Waals surface area contributed by atoms with Crippen molar-refractivity contribution in [3.05, 3.63) is 23.8 Å². The fourth-order valence-corrected chi connectivity index (χ4v) is 4.93. The molecular weight excluding hydrogens is 354 g/mol. The average Bonchev–Trinajstić information content (AvgIpc) is 2.71. The summed E-state index contributed by atoms with van der Waals surface area (Å²) >= 11 is 0. The fraction of sp³-hybridized carbons (Fsp3) is 0.696. The Bertz CT molecular complexity index is 658. The SMILES string of the molecule is CCCCOc1ccc(C(=O)OC[C@@H]2CCC[N+]3(C)CCCC[C@@H]23)cc1OC. The predicted octanol–water partition coefficient (Wildman–Crippen LogP) is 4.44. The molecule has 2 aliphatic heterocycles. The second kappa shape index (κ2) is 9.64. The van der Waals surface area contributed by atoms with Crippen molar-refractivity contribution >= 4 is 5.97 Å². The van der Waals surface area contributed by atoms with Crippen molar-refractivity contribution in [2.75, 3.05) is 40.5 Å². The molecule has 0 radical (unpaired) electrons. The van der Waals surface area contributed by atoms with Crippen LogP contribution in [0.15, 0.2) is 18.2 Å². The van der Waals surface area contributed by atoms with Gasteiger partial charge in [-0.25, -0.2) is 4.79 Å². The summed E-state index contributed by atoms with van der Waals surface area (Å²) in [7, 11) is 3.99. The number of esters is 1. The van der Waals surface area contributed by atoms with E-state index in [1.165, 1.54) is 49.7 Å². The number of methoxy groups -OCH3 is 1. The van der Waals surface area contributed by atoms with E-state index in [1.54, 1.807) is 25.3 Å². The maximum atomic E-state index is 12.6. The van der Waals surface area contributed by atoms with Crippen LogP contribution in [-0.4, -0.2) is 57.0 Å². The van der Waals surface area contributed by atoms with E-state index in [1.807, 2.05) is 0 Å². The van der Waals surface area contributed by atoms with E-state index < -0.39 is 0 Å². The van der Waals surface area contributed by atoms with E-state index in [9.17, 15) is 4.79 Å². The van der Waals surface area contributed by atoms with Crippen LogP contribution in [0.5, 0.6) is 11.5 Å². The summed E-state index contributed by atoms with van der Waals surface area (Å²) in [5.41, 5.74) is 0.524. The minimum absolute atomic E-state index is 0.269. The van der Waals surface area contributed by atoms with Gasteiger partial charge in [-0.15, -0.1) is 0 Å². The molecule has 2 fully saturated rings. The fourth-order valence-electron chi connectivity index (χ4n) is 4.93. The molecule has 0 bridgehead atoms. The van der Waals surface area contributed by atoms with Gasteiger partial charge in [0.1, 0.15) is 6.61 Å². The first kappa shape index (κ1) is 21.0. The first-order valence-corrected chi connectivity index (χ1v) is 10.9. The zero-order valence-electron chi connectivity index (χ0n) is 17.7. The van der Waals surface area contributed by atoms with Crippen molar-refractivity contribution in [1.29, 1.82) is 0 Å². The summed E-state index contributed by atoms with van der Waals surface area (Å²) in [4.78, 5) is 12.6. The van der Waals surface area contributed by atoms with Crippen LogP contribution in [0.4, 0.5) is 0 Å². The van der Waals surface area contributed by atoms with Gasteiger partial charge in [-0.1, -0.05) is 13.3 Å². The predicted molar refractivity (Wildman–Crippen MR) is 110 cm³/mol. The Morgan fingerprint density at radius 3 is 2.75 bits per heavy atom. The Balaban J connectivity index is 1.59. The molecule has 2 aliphatic rings. The monoisotopic (exact) mass is 390 g/mol. The van der Waals surface area contributed by atoms with Gasteiger partial charge in [-0.3, -0.25) is 0 Å². The van der Waals surface area contributed by atoms with Crippen LogP contribution in [0.25, 0.3) is 0 Å². The maximum absolute atomic E-state index is 12.6. The van der Waals surface area contributed by atoms with Gasteiger partial charge < -0.3 is 18.7 Å². The van der Waals surface area contributed by atoms with Crippen molar-refractivity contribution < 1.29 is 23.5 Å². The molecule has 5 nitrogen and oxygen atoms in total. The average molecular weight is 391 g/mol. The van der Waals surface area contributed by atoms with Crippen LogP contribution in [0.2, 0.25) is 0 Å². The molecule has 1 aromatic carbocycles. The summed E-state index contributed by atoms with van der Waals surface area (Å²) in [6.07, 6.45) is 8.35. The molecule has 28 heavy (non-hydrogen) atoms. The lowest BCUT2D eigenvalue weighted by Crippen LogP contribution is -2.61. The van der Waals surface area contributed by atoms with Crippen LogP contribution in [0.1, 0.15) is 62.2 Å². The van der Waals surface area contributed by atoms with Gasteiger partial charge in [0.2, 0.25) is 0 Å². The second-order valence-corrected chi connectivity index (χ2v) is 8.56. The number of nitrogens with zero attached hydrogens (tertiary/aromatic N) is 1. The van der Waals surface area contributed by atoms with Crippen molar-refractivity contribution in [1.82, 2.24) is 0 Å². The Kier molecular flexibility index (Phi) is 7.22. The molecule has 3 rings (SSSR count). The van der Waals surface area contributed by atoms with Crippen LogP contribution >= 0.6 is 0 Å². The summed E-state index contributed by atoms with van der Waals surface area (Å²) in [6.45, 7) is 5.84. The second-order valence-electron chi connectivity index (χ2n) is 8.56. The van der Waals surface area contributed by atoms with Crippen LogP contribution < -0.4 is 9.47 Å². The zero-order chi connectivity index (χ0) is 20.0. The third-order valence-electron chi connectivity index (χ3n) is 6.59. The molecule has 2 heterocycles. The summed E-state index contributed by atoms with van der Waals surface area (Å²) in [5, 5.41) is 0. The number of hydrogen-bond acceptors (Lipinski definition) is 4. The Morgan fingerprint density at radius 1 is 1.14 bits per heavy atom. The number of carbonyl (C=O) groups excluding carboxylic acids is 1. The number of carbonyl (C=O) groups is 1. The molecule has 1 unspecified atom stereocenters. The van der Waals surface area contributed by atoms with Gasteiger partial charge >= 0.3 is 5.97 Å². The topological polar surface area (TPSA) is 44.8 Å². The van der Waals surface area contributed by atoms with Crippen molar-refractivity contribution in [2.24, 2.45) is 5.92 Å². The first-order valence-electron chi connectivity index (χ1n) is 10.9. The number of fused-ring (bicyclic) bond motifs is 1. The highest BCUT2D eigenvalue weighted by atomic mass is 16.5. The van der Waals surface area contributed by atoms with E-state index in [0.29, 0.717) is 42.2 Å². The van der Waals surface area contributed by atoms with E-state index in [0.717, 1.165) is 12.8 Å². The highest BCUT2D eigenvalue weighted by Crippen LogP contribution is 2.36. The maximum Gasteiger partial charge on any atom is 0.338 e. The number of rotatable bonds is 8. The van der Waals surface area contributed by atoms with Crippen molar-refractivity contribution in [3.63, 3.8) is 0 Å². The van der Waals surface area contributed by atoms with E-state index in [4.69, 9.17) is 14.2 Å². The number of benzene rings is 1. The van der Waals surface area contributed by atoms with Gasteiger partial charge in [-0.05, 0) is 50.3 Å². The van der Waals surface area contributed by atoms with Gasteiger partial charge in [0.25, 0.3) is 0 Å². The van der Waals surface area contributed by atoms with E-state index in [-0.39, 0.29) is 5.97 Å². The molecule has 1 aromatic rings. The highest BCUT2D eigenvalue weighted by Gasteiger charge is 2.43. The Morgan fingerprint density at radius 2 is 1.96 bits per heavy atom. The molecule has 156 valence electrons. The molecule has 0 N–H and O–H groups in total. The smallest absolute Gasteiger partial charge is 0.338 e. The quantitative estimate of drug-likeness (QED) is 0.374. The van der Waals surface area contributed by atoms with Crippen LogP contribution in [-0.2, 0) is 4.74 Å². The minimum atomic E-state index is -0.269. The highest BCUT2D eigenvalue weighted by molar-refractivity contribution is 5.90. The number of unbranched alkanes of at least 4 members (excludes halogenated alkanes) is 1. The van der Waals surface area contributed by atoms with Crippen LogP contribution in [0.3, 0.4) is 0 Å². The van der Waals surface area contributed by atoms with E-state index >= 15 is 0 Å². The third kappa shape index (κ3) is 4.80.